The van der Waals surface area contributed by atoms with Crippen molar-refractivity contribution in [2.24, 2.45) is 0 Å². The summed E-state index contributed by atoms with van der Waals surface area (Å²) < 4.78 is 21.4. The summed E-state index contributed by atoms with van der Waals surface area (Å²) in [6.45, 7) is 0. The molecule has 0 bridgehead atoms. The molecule has 8 nitrogen and oxygen atoms in total. The van der Waals surface area contributed by atoms with Gasteiger partial charge in [0.05, 0.1) is 38.1 Å². The van der Waals surface area contributed by atoms with Crippen LogP contribution in [-0.4, -0.2) is 40.9 Å². The van der Waals surface area contributed by atoms with Crippen molar-refractivity contribution < 1.29 is 23.1 Å². The number of carbonyl (C=O) groups excluding carboxylic acids is 1. The van der Waals surface area contributed by atoms with E-state index in [-0.39, 0.29) is 11.5 Å². The fourth-order valence-corrected chi connectivity index (χ4v) is 3.45. The molecule has 30 heavy (non-hydrogen) atoms. The molecule has 0 saturated carbocycles. The molecule has 3 heterocycles. The third-order valence-corrected chi connectivity index (χ3v) is 5.05. The van der Waals surface area contributed by atoms with Crippen LogP contribution in [0.3, 0.4) is 0 Å². The molecule has 0 spiro atoms. The predicted octanol–water partition coefficient (Wildman–Crippen LogP) is 4.38. The zero-order valence-electron chi connectivity index (χ0n) is 16.2. The number of carbonyl (C=O) groups is 1. The molecule has 0 amide bonds. The Morgan fingerprint density at radius 3 is 2.33 bits per heavy atom. The molecule has 0 N–H and O–H groups in total. The van der Waals surface area contributed by atoms with Gasteiger partial charge in [-0.25, -0.2) is 4.98 Å². The van der Waals surface area contributed by atoms with E-state index in [1.54, 1.807) is 62.1 Å². The average molecular weight is 423 g/mol. The lowest BCUT2D eigenvalue weighted by Gasteiger charge is -2.09. The van der Waals surface area contributed by atoms with Crippen molar-refractivity contribution in [3.05, 3.63) is 60.6 Å². The van der Waals surface area contributed by atoms with E-state index in [2.05, 4.69) is 15.2 Å². The summed E-state index contributed by atoms with van der Waals surface area (Å²) >= 11 is 1.17. The normalized spacial score (nSPS) is 10.7. The molecule has 0 unspecified atom stereocenters. The maximum Gasteiger partial charge on any atom is 0.210 e. The predicted molar refractivity (Wildman–Crippen MR) is 110 cm³/mol. The lowest BCUT2D eigenvalue weighted by atomic mass is 10.1. The number of ketones is 1. The van der Waals surface area contributed by atoms with E-state index in [0.29, 0.717) is 45.1 Å². The number of benzene rings is 1. The number of hydrogen-bond acceptors (Lipinski definition) is 9. The summed E-state index contributed by atoms with van der Waals surface area (Å²) in [5, 5.41) is 8.72. The van der Waals surface area contributed by atoms with Gasteiger partial charge in [-0.3, -0.25) is 4.79 Å². The van der Waals surface area contributed by atoms with Crippen LogP contribution in [-0.2, 0) is 0 Å². The van der Waals surface area contributed by atoms with Crippen molar-refractivity contribution in [2.45, 2.75) is 5.16 Å². The van der Waals surface area contributed by atoms with Gasteiger partial charge >= 0.3 is 0 Å². The van der Waals surface area contributed by atoms with Gasteiger partial charge in [0.2, 0.25) is 5.16 Å². The lowest BCUT2D eigenvalue weighted by molar-refractivity contribution is 0.101. The first kappa shape index (κ1) is 19.7. The van der Waals surface area contributed by atoms with Gasteiger partial charge in [-0.2, -0.15) is 0 Å². The number of methoxy groups -OCH3 is 2. The summed E-state index contributed by atoms with van der Waals surface area (Å²) in [5.41, 5.74) is 1.37. The average Bonchev–Trinajstić information content (AvgIpc) is 3.51. The van der Waals surface area contributed by atoms with Crippen LogP contribution in [0.4, 0.5) is 0 Å². The summed E-state index contributed by atoms with van der Waals surface area (Å²) in [5.74, 6) is 2.06. The van der Waals surface area contributed by atoms with Crippen molar-refractivity contribution in [3.63, 3.8) is 0 Å². The van der Waals surface area contributed by atoms with Crippen LogP contribution >= 0.6 is 11.8 Å². The molecule has 152 valence electrons. The Labute approximate surface area is 176 Å². The molecule has 4 rings (SSSR count). The van der Waals surface area contributed by atoms with Crippen molar-refractivity contribution in [1.29, 1.82) is 0 Å². The number of ether oxygens (including phenoxy) is 2. The summed E-state index contributed by atoms with van der Waals surface area (Å²) in [4.78, 5) is 17.3. The Bertz CT molecular complexity index is 1140. The number of nitrogens with zero attached hydrogens (tertiary/aromatic N) is 3. The maximum absolute atomic E-state index is 12.8. The van der Waals surface area contributed by atoms with Crippen LogP contribution in [0.1, 0.15) is 10.4 Å². The molecule has 0 aliphatic heterocycles. The molecule has 4 aromatic rings. The Balaban J connectivity index is 1.59. The van der Waals surface area contributed by atoms with E-state index >= 15 is 0 Å². The largest absolute Gasteiger partial charge is 0.497 e. The minimum Gasteiger partial charge on any atom is -0.497 e. The van der Waals surface area contributed by atoms with Gasteiger partial charge in [-0.05, 0) is 42.5 Å². The monoisotopic (exact) mass is 423 g/mol. The van der Waals surface area contributed by atoms with Gasteiger partial charge in [0.25, 0.3) is 0 Å². The zero-order valence-corrected chi connectivity index (χ0v) is 17.0. The first-order valence-electron chi connectivity index (χ1n) is 8.90. The number of aromatic nitrogens is 3. The van der Waals surface area contributed by atoms with E-state index < -0.39 is 0 Å². The van der Waals surface area contributed by atoms with Crippen LogP contribution in [0.15, 0.2) is 69.0 Å². The van der Waals surface area contributed by atoms with Gasteiger partial charge in [-0.1, -0.05) is 11.8 Å². The molecule has 0 atom stereocenters. The van der Waals surface area contributed by atoms with Crippen molar-refractivity contribution >= 4 is 17.5 Å². The van der Waals surface area contributed by atoms with Crippen molar-refractivity contribution in [1.82, 2.24) is 15.2 Å². The molecule has 3 aromatic heterocycles. The van der Waals surface area contributed by atoms with E-state index in [1.807, 2.05) is 0 Å². The standard InChI is InChI=1S/C21H17N3O5S/c1-26-13-7-8-16(27-2)14(11-13)15(25)12-30-21-22-19(17-5-3-9-28-17)20(23-24-21)18-6-4-10-29-18/h3-11H,12H2,1-2H3. The number of Topliss-reactive ketones (excluding diaryl/α,β-unsaturated/α-hetero) is 1. The van der Waals surface area contributed by atoms with Gasteiger partial charge in [0, 0.05) is 0 Å². The van der Waals surface area contributed by atoms with E-state index in [4.69, 9.17) is 18.3 Å². The Morgan fingerprint density at radius 2 is 1.70 bits per heavy atom. The molecule has 0 aliphatic rings. The topological polar surface area (TPSA) is 100 Å². The third kappa shape index (κ3) is 4.06. The maximum atomic E-state index is 12.8. The number of hydrogen-bond donors (Lipinski definition) is 0. The molecule has 0 aliphatic carbocycles. The smallest absolute Gasteiger partial charge is 0.210 e. The highest BCUT2D eigenvalue weighted by atomic mass is 32.2. The summed E-state index contributed by atoms with van der Waals surface area (Å²) in [6.07, 6.45) is 3.10. The minimum atomic E-state index is -0.144. The highest BCUT2D eigenvalue weighted by molar-refractivity contribution is 7.99. The Hall–Kier alpha value is -3.59. The molecular weight excluding hydrogens is 406 g/mol. The van der Waals surface area contributed by atoms with E-state index in [9.17, 15) is 4.79 Å². The van der Waals surface area contributed by atoms with Crippen LogP contribution in [0.2, 0.25) is 0 Å². The van der Waals surface area contributed by atoms with Crippen molar-refractivity contribution in [2.75, 3.05) is 20.0 Å². The molecule has 1 aromatic carbocycles. The lowest BCUT2D eigenvalue weighted by Crippen LogP contribution is -2.07. The molecule has 0 radical (unpaired) electrons. The SMILES string of the molecule is COc1ccc(OC)c(C(=O)CSc2nnc(-c3ccco3)c(-c3ccco3)n2)c1. The number of thioether (sulfide) groups is 1. The second-order valence-corrected chi connectivity index (χ2v) is 6.97. The first-order chi connectivity index (χ1) is 14.7. The van der Waals surface area contributed by atoms with E-state index in [0.717, 1.165) is 0 Å². The van der Waals surface area contributed by atoms with Crippen molar-refractivity contribution in [3.8, 4) is 34.4 Å². The molecule has 0 saturated heterocycles. The summed E-state index contributed by atoms with van der Waals surface area (Å²) in [6, 6.07) is 12.1. The fourth-order valence-electron chi connectivity index (χ4n) is 2.78. The summed E-state index contributed by atoms with van der Waals surface area (Å²) in [7, 11) is 3.06. The highest BCUT2D eigenvalue weighted by Crippen LogP contribution is 2.31. The molecular formula is C21H17N3O5S. The van der Waals surface area contributed by atoms with Gasteiger partial charge in [0.15, 0.2) is 23.0 Å². The van der Waals surface area contributed by atoms with E-state index in [1.165, 1.54) is 18.9 Å². The quantitative estimate of drug-likeness (QED) is 0.302. The van der Waals surface area contributed by atoms with Crippen LogP contribution in [0.5, 0.6) is 11.5 Å². The van der Waals surface area contributed by atoms with Gasteiger partial charge < -0.3 is 18.3 Å². The third-order valence-electron chi connectivity index (χ3n) is 4.22. The first-order valence-corrected chi connectivity index (χ1v) is 9.88. The molecule has 9 heteroatoms. The van der Waals surface area contributed by atoms with Crippen LogP contribution in [0, 0.1) is 0 Å². The molecule has 0 fully saturated rings. The van der Waals surface area contributed by atoms with Gasteiger partial charge in [-0.15, -0.1) is 10.2 Å². The number of furan rings is 2. The van der Waals surface area contributed by atoms with Gasteiger partial charge in [0.1, 0.15) is 17.2 Å². The second-order valence-electron chi connectivity index (χ2n) is 6.02. The van der Waals surface area contributed by atoms with Crippen LogP contribution in [0.25, 0.3) is 22.9 Å². The Morgan fingerprint density at radius 1 is 0.967 bits per heavy atom. The second kappa shape index (κ2) is 8.83. The zero-order chi connectivity index (χ0) is 20.9. The minimum absolute atomic E-state index is 0.100. The van der Waals surface area contributed by atoms with Crippen LogP contribution < -0.4 is 9.47 Å². The Kier molecular flexibility index (Phi) is 5.80. The number of rotatable bonds is 8. The highest BCUT2D eigenvalue weighted by Gasteiger charge is 2.19. The fraction of sp³-hybridized carbons (Fsp3) is 0.143.